The van der Waals surface area contributed by atoms with Crippen molar-refractivity contribution in [3.8, 4) is 0 Å². The van der Waals surface area contributed by atoms with E-state index in [-0.39, 0.29) is 12.6 Å². The molecule has 0 amide bonds. The molecule has 0 aliphatic carbocycles. The molecule has 0 unspecified atom stereocenters. The van der Waals surface area contributed by atoms with Crippen LogP contribution in [0.4, 0.5) is 0 Å². The van der Waals surface area contributed by atoms with Gasteiger partial charge in [-0.25, -0.2) is 4.79 Å². The highest BCUT2D eigenvalue weighted by atomic mass is 32.2. The van der Waals surface area contributed by atoms with Crippen LogP contribution in [-0.2, 0) is 21.5 Å². The third-order valence-electron chi connectivity index (χ3n) is 2.23. The fourth-order valence-corrected chi connectivity index (χ4v) is 2.57. The van der Waals surface area contributed by atoms with Gasteiger partial charge in [-0.15, -0.1) is 0 Å². The van der Waals surface area contributed by atoms with Crippen molar-refractivity contribution in [3.05, 3.63) is 41.5 Å². The minimum atomic E-state index is -3.53. The zero-order chi connectivity index (χ0) is 15.2. The fourth-order valence-electron chi connectivity index (χ4n) is 1.50. The molecular weight excluding hydrogens is 280 g/mol. The third-order valence-corrected chi connectivity index (χ3v) is 3.53. The maximum atomic E-state index is 11.6. The zero-order valence-electron chi connectivity index (χ0n) is 11.3. The van der Waals surface area contributed by atoms with E-state index < -0.39 is 16.2 Å². The van der Waals surface area contributed by atoms with Gasteiger partial charge in [0.1, 0.15) is 0 Å². The molecular formula is C13H18N2O4S. The minimum Gasteiger partial charge on any atom is -0.478 e. The van der Waals surface area contributed by atoms with Crippen LogP contribution in [0, 0.1) is 0 Å². The number of benzene rings is 1. The summed E-state index contributed by atoms with van der Waals surface area (Å²) in [6.45, 7) is 3.60. The molecule has 1 aromatic rings. The second kappa shape index (κ2) is 7.18. The summed E-state index contributed by atoms with van der Waals surface area (Å²) < 4.78 is 28.0. The van der Waals surface area contributed by atoms with Crippen molar-refractivity contribution in [1.82, 2.24) is 9.44 Å². The SMILES string of the molecule is CC(C)NS(=O)(=O)NCc1cccc(/C=C/C(=O)O)c1. The molecule has 0 bridgehead atoms. The van der Waals surface area contributed by atoms with Crippen LogP contribution in [0.3, 0.4) is 0 Å². The van der Waals surface area contributed by atoms with Crippen LogP contribution < -0.4 is 9.44 Å². The summed E-state index contributed by atoms with van der Waals surface area (Å²) in [7, 11) is -3.53. The van der Waals surface area contributed by atoms with E-state index in [4.69, 9.17) is 5.11 Å². The predicted molar refractivity (Wildman–Crippen MR) is 77.1 cm³/mol. The fraction of sp³-hybridized carbons (Fsp3) is 0.308. The van der Waals surface area contributed by atoms with Gasteiger partial charge in [-0.05, 0) is 31.1 Å². The lowest BCUT2D eigenvalue weighted by molar-refractivity contribution is -0.131. The molecule has 0 aromatic heterocycles. The average molecular weight is 298 g/mol. The molecule has 0 aliphatic rings. The topological polar surface area (TPSA) is 95.5 Å². The van der Waals surface area contributed by atoms with E-state index >= 15 is 0 Å². The van der Waals surface area contributed by atoms with Gasteiger partial charge in [0.25, 0.3) is 10.2 Å². The Labute approximate surface area is 118 Å². The van der Waals surface area contributed by atoms with Crippen molar-refractivity contribution in [2.75, 3.05) is 0 Å². The highest BCUT2D eigenvalue weighted by molar-refractivity contribution is 7.87. The van der Waals surface area contributed by atoms with Crippen LogP contribution in [0.2, 0.25) is 0 Å². The monoisotopic (exact) mass is 298 g/mol. The number of nitrogens with one attached hydrogen (secondary N) is 2. The molecule has 0 saturated heterocycles. The normalized spacial score (nSPS) is 12.2. The summed E-state index contributed by atoms with van der Waals surface area (Å²) in [6.07, 6.45) is 2.48. The molecule has 0 heterocycles. The van der Waals surface area contributed by atoms with E-state index in [2.05, 4.69) is 9.44 Å². The van der Waals surface area contributed by atoms with E-state index in [0.717, 1.165) is 11.6 Å². The third kappa shape index (κ3) is 6.46. The van der Waals surface area contributed by atoms with Crippen molar-refractivity contribution in [3.63, 3.8) is 0 Å². The number of rotatable bonds is 7. The van der Waals surface area contributed by atoms with Crippen LogP contribution in [0.15, 0.2) is 30.3 Å². The van der Waals surface area contributed by atoms with Gasteiger partial charge in [-0.3, -0.25) is 0 Å². The van der Waals surface area contributed by atoms with Crippen LogP contribution >= 0.6 is 0 Å². The van der Waals surface area contributed by atoms with E-state index in [9.17, 15) is 13.2 Å². The van der Waals surface area contributed by atoms with Crippen molar-refractivity contribution >= 4 is 22.3 Å². The van der Waals surface area contributed by atoms with Gasteiger partial charge in [0.15, 0.2) is 0 Å². The molecule has 3 N–H and O–H groups in total. The largest absolute Gasteiger partial charge is 0.478 e. The second-order valence-corrected chi connectivity index (χ2v) is 6.04. The molecule has 0 radical (unpaired) electrons. The molecule has 7 heteroatoms. The van der Waals surface area contributed by atoms with Crippen LogP contribution in [0.5, 0.6) is 0 Å². The Hall–Kier alpha value is -1.70. The van der Waals surface area contributed by atoms with Crippen LogP contribution in [0.25, 0.3) is 6.08 Å². The Kier molecular flexibility index (Phi) is 5.87. The summed E-state index contributed by atoms with van der Waals surface area (Å²) in [5.41, 5.74) is 1.44. The molecule has 0 saturated carbocycles. The molecule has 0 atom stereocenters. The first kappa shape index (κ1) is 16.4. The van der Waals surface area contributed by atoms with E-state index in [1.807, 2.05) is 0 Å². The second-order valence-electron chi connectivity index (χ2n) is 4.51. The lowest BCUT2D eigenvalue weighted by atomic mass is 10.1. The standard InChI is InChI=1S/C13H18N2O4S/c1-10(2)15-20(18,19)14-9-12-5-3-4-11(8-12)6-7-13(16)17/h3-8,10,14-15H,9H2,1-2H3,(H,16,17)/b7-6+. The Morgan fingerprint density at radius 3 is 2.70 bits per heavy atom. The molecule has 110 valence electrons. The highest BCUT2D eigenvalue weighted by Crippen LogP contribution is 2.07. The summed E-state index contributed by atoms with van der Waals surface area (Å²) in [5.74, 6) is -1.03. The number of carboxylic acid groups (broad SMARTS) is 1. The molecule has 6 nitrogen and oxygen atoms in total. The van der Waals surface area contributed by atoms with Gasteiger partial charge < -0.3 is 5.11 Å². The summed E-state index contributed by atoms with van der Waals surface area (Å²) in [6, 6.07) is 6.77. The Morgan fingerprint density at radius 2 is 2.10 bits per heavy atom. The van der Waals surface area contributed by atoms with Gasteiger partial charge in [0, 0.05) is 18.7 Å². The molecule has 0 fully saturated rings. The lowest BCUT2D eigenvalue weighted by Gasteiger charge is -2.10. The van der Waals surface area contributed by atoms with Crippen molar-refractivity contribution in [2.45, 2.75) is 26.4 Å². The first-order valence-electron chi connectivity index (χ1n) is 6.05. The van der Waals surface area contributed by atoms with Gasteiger partial charge in [-0.1, -0.05) is 24.3 Å². The Balaban J connectivity index is 2.70. The predicted octanol–water partition coefficient (Wildman–Crippen LogP) is 1.12. The average Bonchev–Trinajstić information content (AvgIpc) is 2.33. The maximum absolute atomic E-state index is 11.6. The lowest BCUT2D eigenvalue weighted by Crippen LogP contribution is -2.39. The first-order valence-corrected chi connectivity index (χ1v) is 7.54. The number of aliphatic carboxylic acids is 1. The molecule has 0 aliphatic heterocycles. The minimum absolute atomic E-state index is 0.136. The summed E-state index contributed by atoms with van der Waals surface area (Å²) >= 11 is 0. The first-order chi connectivity index (χ1) is 9.28. The van der Waals surface area contributed by atoms with E-state index in [1.165, 1.54) is 6.08 Å². The Bertz CT molecular complexity index is 594. The number of carbonyl (C=O) groups is 1. The van der Waals surface area contributed by atoms with E-state index in [1.54, 1.807) is 38.1 Å². The van der Waals surface area contributed by atoms with Crippen molar-refractivity contribution in [2.24, 2.45) is 0 Å². The van der Waals surface area contributed by atoms with Gasteiger partial charge >= 0.3 is 5.97 Å². The van der Waals surface area contributed by atoms with Gasteiger partial charge in [0.05, 0.1) is 0 Å². The molecule has 1 rings (SSSR count). The van der Waals surface area contributed by atoms with Crippen LogP contribution in [0.1, 0.15) is 25.0 Å². The van der Waals surface area contributed by atoms with Crippen LogP contribution in [-0.4, -0.2) is 25.5 Å². The number of carboxylic acids is 1. The van der Waals surface area contributed by atoms with E-state index in [0.29, 0.717) is 5.56 Å². The molecule has 1 aromatic carbocycles. The summed E-state index contributed by atoms with van der Waals surface area (Å²) in [5, 5.41) is 8.55. The number of hydrogen-bond donors (Lipinski definition) is 3. The quantitative estimate of drug-likeness (QED) is 0.657. The van der Waals surface area contributed by atoms with Gasteiger partial charge in [-0.2, -0.15) is 17.9 Å². The number of hydrogen-bond acceptors (Lipinski definition) is 3. The zero-order valence-corrected chi connectivity index (χ0v) is 12.1. The van der Waals surface area contributed by atoms with Gasteiger partial charge in [0.2, 0.25) is 0 Å². The Morgan fingerprint density at radius 1 is 1.40 bits per heavy atom. The maximum Gasteiger partial charge on any atom is 0.328 e. The smallest absolute Gasteiger partial charge is 0.328 e. The summed E-state index contributed by atoms with van der Waals surface area (Å²) in [4.78, 5) is 10.4. The van der Waals surface area contributed by atoms with Crippen molar-refractivity contribution < 1.29 is 18.3 Å². The molecule has 0 spiro atoms. The molecule has 20 heavy (non-hydrogen) atoms. The van der Waals surface area contributed by atoms with Crippen molar-refractivity contribution in [1.29, 1.82) is 0 Å². The highest BCUT2D eigenvalue weighted by Gasteiger charge is 2.10.